The Bertz CT molecular complexity index is 937. The fourth-order valence-electron chi connectivity index (χ4n) is 3.74. The molecule has 32 heavy (non-hydrogen) atoms. The number of hydrogen-bond donors (Lipinski definition) is 2. The summed E-state index contributed by atoms with van der Waals surface area (Å²) in [4.78, 5) is 15.0. The Kier molecular flexibility index (Phi) is 7.74. The molecule has 0 amide bonds. The summed E-state index contributed by atoms with van der Waals surface area (Å²) in [7, 11) is 0. The van der Waals surface area contributed by atoms with Gasteiger partial charge in [-0.1, -0.05) is 35.5 Å². The van der Waals surface area contributed by atoms with Crippen LogP contribution >= 0.6 is 0 Å². The number of rotatable bonds is 8. The van der Waals surface area contributed by atoms with Crippen LogP contribution in [0.1, 0.15) is 29.5 Å². The SMILES string of the molecule is O=C(O)CCC(=NO)c1ccc(CCN2CCN(c3cccc(C(F)(F)F)c3)CC2)cc1. The number of anilines is 1. The number of carbonyl (C=O) groups is 1. The van der Waals surface area contributed by atoms with E-state index >= 15 is 0 Å². The zero-order chi connectivity index (χ0) is 23.1. The molecule has 0 saturated carbocycles. The third-order valence-corrected chi connectivity index (χ3v) is 5.61. The van der Waals surface area contributed by atoms with Crippen LogP contribution in [0.2, 0.25) is 0 Å². The molecular formula is C23H26F3N3O3. The number of nitrogens with zero attached hydrogens (tertiary/aromatic N) is 3. The first-order valence-electron chi connectivity index (χ1n) is 10.4. The molecule has 1 fully saturated rings. The van der Waals surface area contributed by atoms with E-state index < -0.39 is 17.7 Å². The Balaban J connectivity index is 1.48. The number of oxime groups is 1. The maximum atomic E-state index is 12.9. The summed E-state index contributed by atoms with van der Waals surface area (Å²) in [5.41, 5.74) is 2.10. The normalized spacial score (nSPS) is 15.7. The molecular weight excluding hydrogens is 423 g/mol. The Morgan fingerprint density at radius 2 is 1.69 bits per heavy atom. The van der Waals surface area contributed by atoms with Crippen LogP contribution < -0.4 is 4.90 Å². The van der Waals surface area contributed by atoms with E-state index in [1.54, 1.807) is 6.07 Å². The van der Waals surface area contributed by atoms with Crippen LogP contribution in [0, 0.1) is 0 Å². The van der Waals surface area contributed by atoms with Crippen molar-refractivity contribution in [1.82, 2.24) is 4.90 Å². The van der Waals surface area contributed by atoms with E-state index in [2.05, 4.69) is 10.1 Å². The number of alkyl halides is 3. The molecule has 2 aromatic carbocycles. The van der Waals surface area contributed by atoms with Crippen LogP contribution in [0.25, 0.3) is 0 Å². The van der Waals surface area contributed by atoms with Crippen molar-refractivity contribution in [1.29, 1.82) is 0 Å². The molecule has 0 aromatic heterocycles. The number of aliphatic carboxylic acids is 1. The Labute approximate surface area is 184 Å². The van der Waals surface area contributed by atoms with Crippen LogP contribution in [-0.2, 0) is 17.4 Å². The third-order valence-electron chi connectivity index (χ3n) is 5.61. The highest BCUT2D eigenvalue weighted by Gasteiger charge is 2.31. The van der Waals surface area contributed by atoms with Gasteiger partial charge in [0.1, 0.15) is 0 Å². The van der Waals surface area contributed by atoms with Gasteiger partial charge in [0, 0.05) is 44.8 Å². The van der Waals surface area contributed by atoms with Gasteiger partial charge >= 0.3 is 12.1 Å². The fraction of sp³-hybridized carbons (Fsp3) is 0.391. The van der Waals surface area contributed by atoms with Gasteiger partial charge in [-0.3, -0.25) is 9.69 Å². The smallest absolute Gasteiger partial charge is 0.416 e. The number of halogens is 3. The molecule has 2 aromatic rings. The Hall–Kier alpha value is -3.07. The number of carboxylic acids is 1. The molecule has 0 spiro atoms. The van der Waals surface area contributed by atoms with Gasteiger partial charge < -0.3 is 15.2 Å². The first-order valence-corrected chi connectivity index (χ1v) is 10.4. The average molecular weight is 449 g/mol. The molecule has 2 N–H and O–H groups in total. The second-order valence-corrected chi connectivity index (χ2v) is 7.76. The van der Waals surface area contributed by atoms with Crippen LogP contribution in [0.3, 0.4) is 0 Å². The average Bonchev–Trinajstić information content (AvgIpc) is 2.78. The van der Waals surface area contributed by atoms with Crippen molar-refractivity contribution >= 4 is 17.4 Å². The molecule has 0 unspecified atom stereocenters. The van der Waals surface area contributed by atoms with Gasteiger partial charge in [-0.05, 0) is 35.7 Å². The summed E-state index contributed by atoms with van der Waals surface area (Å²) < 4.78 is 38.8. The third kappa shape index (κ3) is 6.46. The highest BCUT2D eigenvalue weighted by atomic mass is 19.4. The lowest BCUT2D eigenvalue weighted by atomic mass is 10.0. The minimum Gasteiger partial charge on any atom is -0.481 e. The maximum Gasteiger partial charge on any atom is 0.416 e. The zero-order valence-corrected chi connectivity index (χ0v) is 17.6. The minimum atomic E-state index is -4.34. The van der Waals surface area contributed by atoms with Crippen LogP contribution in [-0.4, -0.2) is 59.6 Å². The molecule has 0 radical (unpaired) electrons. The molecule has 0 aliphatic carbocycles. The van der Waals surface area contributed by atoms with Crippen molar-refractivity contribution in [3.05, 3.63) is 65.2 Å². The van der Waals surface area contributed by atoms with Crippen molar-refractivity contribution < 1.29 is 28.3 Å². The van der Waals surface area contributed by atoms with Crippen LogP contribution in [0.5, 0.6) is 0 Å². The van der Waals surface area contributed by atoms with Gasteiger partial charge in [0.05, 0.1) is 17.7 Å². The summed E-state index contributed by atoms with van der Waals surface area (Å²) in [5.74, 6) is -0.948. The monoisotopic (exact) mass is 449 g/mol. The quantitative estimate of drug-likeness (QED) is 0.360. The summed E-state index contributed by atoms with van der Waals surface area (Å²) in [5, 5.41) is 21.1. The molecule has 0 atom stereocenters. The number of piperazine rings is 1. The van der Waals surface area contributed by atoms with E-state index in [1.807, 2.05) is 29.2 Å². The standard InChI is InChI=1S/C23H26F3N3O3/c24-23(25,26)19-2-1-3-20(16-19)29-14-12-28(13-15-29)11-10-17-4-6-18(7-5-17)21(27-32)8-9-22(30)31/h1-7,16,32H,8-15H2,(H,30,31). The van der Waals surface area contributed by atoms with Crippen molar-refractivity contribution in [2.75, 3.05) is 37.6 Å². The van der Waals surface area contributed by atoms with E-state index in [1.165, 1.54) is 12.1 Å². The number of carboxylic acid groups (broad SMARTS) is 1. The molecule has 0 bridgehead atoms. The molecule has 172 valence electrons. The number of hydrogen-bond acceptors (Lipinski definition) is 5. The minimum absolute atomic E-state index is 0.104. The molecule has 1 aliphatic rings. The van der Waals surface area contributed by atoms with Crippen molar-refractivity contribution in [3.63, 3.8) is 0 Å². The molecule has 1 aliphatic heterocycles. The molecule has 6 nitrogen and oxygen atoms in total. The molecule has 3 rings (SSSR count). The van der Waals surface area contributed by atoms with E-state index in [4.69, 9.17) is 10.3 Å². The lowest BCUT2D eigenvalue weighted by Crippen LogP contribution is -2.47. The summed E-state index contributed by atoms with van der Waals surface area (Å²) in [6.07, 6.45) is -3.48. The van der Waals surface area contributed by atoms with E-state index in [9.17, 15) is 18.0 Å². The first-order chi connectivity index (χ1) is 15.3. The maximum absolute atomic E-state index is 12.9. The van der Waals surface area contributed by atoms with Gasteiger partial charge in [0.2, 0.25) is 0 Å². The molecule has 1 heterocycles. The van der Waals surface area contributed by atoms with Gasteiger partial charge in [-0.15, -0.1) is 0 Å². The number of benzene rings is 2. The topological polar surface area (TPSA) is 76.4 Å². The summed E-state index contributed by atoms with van der Waals surface area (Å²) >= 11 is 0. The Morgan fingerprint density at radius 3 is 2.28 bits per heavy atom. The zero-order valence-electron chi connectivity index (χ0n) is 17.6. The van der Waals surface area contributed by atoms with E-state index in [0.29, 0.717) is 30.1 Å². The van der Waals surface area contributed by atoms with E-state index in [0.717, 1.165) is 37.7 Å². The Morgan fingerprint density at radius 1 is 1.00 bits per heavy atom. The first kappa shape index (κ1) is 23.6. The predicted octanol–water partition coefficient (Wildman–Crippen LogP) is 4.11. The highest BCUT2D eigenvalue weighted by Crippen LogP contribution is 2.31. The van der Waals surface area contributed by atoms with Crippen molar-refractivity contribution in [2.45, 2.75) is 25.4 Å². The van der Waals surface area contributed by atoms with E-state index in [-0.39, 0.29) is 12.8 Å². The largest absolute Gasteiger partial charge is 0.481 e. The lowest BCUT2D eigenvalue weighted by molar-refractivity contribution is -0.138. The molecule has 1 saturated heterocycles. The highest BCUT2D eigenvalue weighted by molar-refractivity contribution is 6.01. The van der Waals surface area contributed by atoms with Gasteiger partial charge in [0.25, 0.3) is 0 Å². The van der Waals surface area contributed by atoms with Gasteiger partial charge in [-0.25, -0.2) is 0 Å². The summed E-state index contributed by atoms with van der Waals surface area (Å²) in [6.45, 7) is 3.70. The van der Waals surface area contributed by atoms with Crippen molar-refractivity contribution in [3.8, 4) is 0 Å². The van der Waals surface area contributed by atoms with Gasteiger partial charge in [0.15, 0.2) is 0 Å². The van der Waals surface area contributed by atoms with Gasteiger partial charge in [-0.2, -0.15) is 13.2 Å². The second-order valence-electron chi connectivity index (χ2n) is 7.76. The fourth-order valence-corrected chi connectivity index (χ4v) is 3.74. The lowest BCUT2D eigenvalue weighted by Gasteiger charge is -2.36. The second kappa shape index (κ2) is 10.5. The predicted molar refractivity (Wildman–Crippen MR) is 115 cm³/mol. The molecule has 9 heteroatoms. The summed E-state index contributed by atoms with van der Waals surface area (Å²) in [6, 6.07) is 13.0. The van der Waals surface area contributed by atoms with Crippen molar-refractivity contribution in [2.24, 2.45) is 5.16 Å². The van der Waals surface area contributed by atoms with Crippen LogP contribution in [0.4, 0.5) is 18.9 Å². The van der Waals surface area contributed by atoms with Crippen LogP contribution in [0.15, 0.2) is 53.7 Å².